The molecule has 3 amide bonds. The van der Waals surface area contributed by atoms with E-state index in [9.17, 15) is 14.4 Å². The third-order valence-corrected chi connectivity index (χ3v) is 11.8. The second-order valence-electron chi connectivity index (χ2n) is 16.0. The van der Waals surface area contributed by atoms with Gasteiger partial charge in [-0.25, -0.2) is 4.79 Å². The van der Waals surface area contributed by atoms with Gasteiger partial charge in [0.1, 0.15) is 18.1 Å². The third-order valence-electron chi connectivity index (χ3n) is 11.8. The van der Waals surface area contributed by atoms with Crippen LogP contribution in [0.5, 0.6) is 5.75 Å². The number of hydrogen-bond donors (Lipinski definition) is 4. The summed E-state index contributed by atoms with van der Waals surface area (Å²) in [5.74, 6) is -0.267. The zero-order valence-corrected chi connectivity index (χ0v) is 36.5. The maximum absolute atomic E-state index is 14.7. The van der Waals surface area contributed by atoms with E-state index in [-0.39, 0.29) is 30.7 Å². The Balaban J connectivity index is 1.11. The normalized spacial score (nSPS) is 11.4. The molecule has 64 heavy (non-hydrogen) atoms. The molecule has 8 aromatic rings. The van der Waals surface area contributed by atoms with E-state index >= 15 is 0 Å². The fourth-order valence-electron chi connectivity index (χ4n) is 8.79. The van der Waals surface area contributed by atoms with Crippen LogP contribution in [0, 0.1) is 0 Å². The number of aryl methyl sites for hydroxylation is 1. The maximum atomic E-state index is 14.7. The summed E-state index contributed by atoms with van der Waals surface area (Å²) in [4.78, 5) is 43.4. The Hall–Kier alpha value is -7.35. The SMILES string of the molecule is CNCc1c2ccccc2c(CN(C)C(=O)c2ccc(C(=O)N(C)Cc3c4ccccc4c(CNC)c4ccccc34)c(OCc3cn(CCCNC(=O)O)nn3)c2)c2ccccc12. The molecule has 0 aliphatic rings. The van der Waals surface area contributed by atoms with Crippen molar-refractivity contribution < 1.29 is 24.2 Å². The molecule has 0 aliphatic carbocycles. The van der Waals surface area contributed by atoms with Gasteiger partial charge in [0.15, 0.2) is 0 Å². The highest BCUT2D eigenvalue weighted by Crippen LogP contribution is 2.36. The molecule has 0 radical (unpaired) electrons. The second kappa shape index (κ2) is 19.4. The van der Waals surface area contributed by atoms with Crippen LogP contribution in [-0.2, 0) is 39.3 Å². The molecule has 0 bridgehead atoms. The van der Waals surface area contributed by atoms with Gasteiger partial charge in [-0.3, -0.25) is 14.3 Å². The molecule has 13 nitrogen and oxygen atoms in total. The number of carbonyl (C=O) groups excluding carboxylic acids is 2. The Labute approximate surface area is 371 Å². The Morgan fingerprint density at radius 1 is 0.641 bits per heavy atom. The number of carbonyl (C=O) groups is 3. The Kier molecular flexibility index (Phi) is 13.1. The number of hydrogen-bond acceptors (Lipinski definition) is 8. The van der Waals surface area contributed by atoms with Crippen LogP contribution >= 0.6 is 0 Å². The van der Waals surface area contributed by atoms with Gasteiger partial charge < -0.3 is 35.6 Å². The lowest BCUT2D eigenvalue weighted by molar-refractivity contribution is 0.0770. The lowest BCUT2D eigenvalue weighted by Crippen LogP contribution is -2.28. The zero-order valence-electron chi connectivity index (χ0n) is 36.5. The highest BCUT2D eigenvalue weighted by atomic mass is 16.5. The molecule has 0 unspecified atom stereocenters. The number of nitrogens with zero attached hydrogens (tertiary/aromatic N) is 5. The molecule has 1 heterocycles. The molecule has 13 heteroatoms. The standard InChI is InChI=1S/C51H52N8O5/c1-52-27-44-35-14-5-9-18-39(35)46(40-19-10-6-15-36(40)44)30-57(3)49(60)33-22-23-43(48(26-33)64-32-34-29-59(56-55-34)25-13-24-54-51(62)63)50(61)58(4)31-47-41-20-11-7-16-37(41)45(28-53-2)38-17-8-12-21-42(38)47/h5-12,14-23,26,29,52-54H,13,24-25,27-28,30-32H2,1-4H3,(H,62,63). The quantitative estimate of drug-likeness (QED) is 0.0526. The highest BCUT2D eigenvalue weighted by Gasteiger charge is 2.24. The summed E-state index contributed by atoms with van der Waals surface area (Å²) >= 11 is 0. The molecule has 1 aromatic heterocycles. The van der Waals surface area contributed by atoms with Gasteiger partial charge in [-0.2, -0.15) is 0 Å². The minimum Gasteiger partial charge on any atom is -0.486 e. The van der Waals surface area contributed by atoms with Crippen LogP contribution in [0.25, 0.3) is 43.1 Å². The minimum atomic E-state index is -1.08. The number of benzene rings is 7. The number of aromatic nitrogens is 3. The lowest BCUT2D eigenvalue weighted by atomic mass is 9.91. The predicted molar refractivity (Wildman–Crippen MR) is 251 cm³/mol. The predicted octanol–water partition coefficient (Wildman–Crippen LogP) is 8.11. The average molecular weight is 857 g/mol. The van der Waals surface area contributed by atoms with Crippen molar-refractivity contribution in [3.05, 3.63) is 161 Å². The van der Waals surface area contributed by atoms with Crippen molar-refractivity contribution in [2.75, 3.05) is 34.7 Å². The first-order valence-electron chi connectivity index (χ1n) is 21.4. The van der Waals surface area contributed by atoms with Crippen LogP contribution in [-0.4, -0.2) is 82.5 Å². The molecule has 0 saturated heterocycles. The Morgan fingerprint density at radius 3 is 1.55 bits per heavy atom. The summed E-state index contributed by atoms with van der Waals surface area (Å²) in [6.07, 6.45) is 1.16. The van der Waals surface area contributed by atoms with E-state index in [1.54, 1.807) is 53.0 Å². The van der Waals surface area contributed by atoms with Crippen LogP contribution in [0.2, 0.25) is 0 Å². The van der Waals surface area contributed by atoms with Gasteiger partial charge in [0.2, 0.25) is 0 Å². The van der Waals surface area contributed by atoms with Gasteiger partial charge >= 0.3 is 6.09 Å². The monoisotopic (exact) mass is 856 g/mol. The average Bonchev–Trinajstić information content (AvgIpc) is 3.78. The highest BCUT2D eigenvalue weighted by molar-refractivity contribution is 6.08. The number of nitrogens with one attached hydrogen (secondary N) is 3. The summed E-state index contributed by atoms with van der Waals surface area (Å²) in [7, 11) is 7.47. The number of ether oxygens (including phenoxy) is 1. The van der Waals surface area contributed by atoms with Crippen LogP contribution in [0.15, 0.2) is 121 Å². The van der Waals surface area contributed by atoms with Gasteiger partial charge in [0.05, 0.1) is 11.8 Å². The van der Waals surface area contributed by atoms with Crippen molar-refractivity contribution in [1.82, 2.24) is 40.7 Å². The molecule has 0 fully saturated rings. The second-order valence-corrected chi connectivity index (χ2v) is 16.0. The minimum absolute atomic E-state index is 0.0238. The molecule has 4 N–H and O–H groups in total. The first-order chi connectivity index (χ1) is 31.2. The van der Waals surface area contributed by atoms with Gasteiger partial charge in [0, 0.05) is 58.9 Å². The maximum Gasteiger partial charge on any atom is 0.404 e. The molecule has 0 saturated carbocycles. The van der Waals surface area contributed by atoms with Crippen molar-refractivity contribution in [2.24, 2.45) is 0 Å². The summed E-state index contributed by atoms with van der Waals surface area (Å²) < 4.78 is 8.02. The van der Waals surface area contributed by atoms with Crippen LogP contribution in [0.4, 0.5) is 4.79 Å². The van der Waals surface area contributed by atoms with Crippen molar-refractivity contribution in [3.63, 3.8) is 0 Å². The number of rotatable bonds is 17. The smallest absolute Gasteiger partial charge is 0.404 e. The molecular formula is C51H52N8O5. The molecule has 7 aromatic carbocycles. The van der Waals surface area contributed by atoms with Crippen molar-refractivity contribution in [1.29, 1.82) is 0 Å². The van der Waals surface area contributed by atoms with Crippen molar-refractivity contribution in [3.8, 4) is 5.75 Å². The van der Waals surface area contributed by atoms with Crippen molar-refractivity contribution in [2.45, 2.75) is 45.8 Å². The van der Waals surface area contributed by atoms with Gasteiger partial charge in [-0.15, -0.1) is 5.10 Å². The van der Waals surface area contributed by atoms with Crippen LogP contribution < -0.4 is 20.7 Å². The summed E-state index contributed by atoms with van der Waals surface area (Å²) in [5, 5.41) is 35.2. The molecule has 0 spiro atoms. The number of carboxylic acid groups (broad SMARTS) is 1. The van der Waals surface area contributed by atoms with Gasteiger partial charge in [-0.05, 0) is 104 Å². The molecule has 0 atom stereocenters. The molecular weight excluding hydrogens is 805 g/mol. The number of amides is 3. The van der Waals surface area contributed by atoms with Gasteiger partial charge in [0.25, 0.3) is 11.8 Å². The fraction of sp³-hybridized carbons (Fsp3) is 0.235. The molecule has 0 aliphatic heterocycles. The largest absolute Gasteiger partial charge is 0.486 e. The molecule has 326 valence electrons. The third kappa shape index (κ3) is 8.94. The first-order valence-corrected chi connectivity index (χ1v) is 21.4. The van der Waals surface area contributed by atoms with Crippen molar-refractivity contribution >= 4 is 61.0 Å². The van der Waals surface area contributed by atoms with E-state index in [0.717, 1.165) is 54.2 Å². The van der Waals surface area contributed by atoms with E-state index in [2.05, 4.69) is 74.8 Å². The van der Waals surface area contributed by atoms with Crippen LogP contribution in [0.1, 0.15) is 55.1 Å². The van der Waals surface area contributed by atoms with E-state index in [0.29, 0.717) is 56.0 Å². The number of fused-ring (bicyclic) bond motifs is 4. The fourth-order valence-corrected chi connectivity index (χ4v) is 8.79. The van der Waals surface area contributed by atoms with Gasteiger partial charge in [-0.1, -0.05) is 102 Å². The molecule has 8 rings (SSSR count). The summed E-state index contributed by atoms with van der Waals surface area (Å²) in [6.45, 7) is 2.76. The summed E-state index contributed by atoms with van der Waals surface area (Å²) in [5.41, 5.74) is 5.66. The zero-order chi connectivity index (χ0) is 44.7. The lowest BCUT2D eigenvalue weighted by Gasteiger charge is -2.24. The Morgan fingerprint density at radius 2 is 1.09 bits per heavy atom. The van der Waals surface area contributed by atoms with E-state index in [1.165, 1.54) is 11.1 Å². The first kappa shape index (κ1) is 43.3. The Bertz CT molecular complexity index is 2910. The summed E-state index contributed by atoms with van der Waals surface area (Å²) in [6, 6.07) is 38.3. The topological polar surface area (TPSA) is 154 Å². The van der Waals surface area contributed by atoms with Crippen LogP contribution in [0.3, 0.4) is 0 Å². The van der Waals surface area contributed by atoms with E-state index < -0.39 is 6.09 Å². The van der Waals surface area contributed by atoms with E-state index in [4.69, 9.17) is 9.84 Å². The van der Waals surface area contributed by atoms with E-state index in [1.807, 2.05) is 62.6 Å².